The van der Waals surface area contributed by atoms with Crippen molar-refractivity contribution < 1.29 is 23.8 Å². The molecule has 0 spiro atoms. The molecule has 0 bridgehead atoms. The van der Waals surface area contributed by atoms with Gasteiger partial charge >= 0.3 is 11.9 Å². The highest BCUT2D eigenvalue weighted by Gasteiger charge is 2.15. The molecule has 0 aromatic heterocycles. The van der Waals surface area contributed by atoms with Gasteiger partial charge in [-0.2, -0.15) is 0 Å². The van der Waals surface area contributed by atoms with E-state index in [0.717, 1.165) is 24.2 Å². The fraction of sp³-hybridized carbons (Fsp3) is 0.333. The summed E-state index contributed by atoms with van der Waals surface area (Å²) in [6.45, 7) is 6.99. The minimum absolute atomic E-state index is 0.0519. The molecule has 0 aliphatic heterocycles. The highest BCUT2D eigenvalue weighted by molar-refractivity contribution is 9.10. The smallest absolute Gasteiger partial charge is 0.338 e. The average molecular weight is 667 g/mol. The summed E-state index contributed by atoms with van der Waals surface area (Å²) in [6, 6.07) is 16.0. The molecule has 0 aliphatic carbocycles. The van der Waals surface area contributed by atoms with Gasteiger partial charge < -0.3 is 25.3 Å². The molecule has 0 unspecified atom stereocenters. The van der Waals surface area contributed by atoms with Crippen molar-refractivity contribution in [3.8, 4) is 0 Å². The molecular weight excluding hydrogens is 633 g/mol. The van der Waals surface area contributed by atoms with E-state index < -0.39 is 11.9 Å². The van der Waals surface area contributed by atoms with E-state index in [1.165, 1.54) is 0 Å². The lowest BCUT2D eigenvalue weighted by Gasteiger charge is -2.20. The lowest BCUT2D eigenvalue weighted by Crippen LogP contribution is -2.23. The Bertz CT molecular complexity index is 1320. The first-order valence-corrected chi connectivity index (χ1v) is 14.8. The number of hydrogen-bond donors (Lipinski definition) is 2. The lowest BCUT2D eigenvalue weighted by molar-refractivity contribution is -0.144. The maximum Gasteiger partial charge on any atom is 0.338 e. The van der Waals surface area contributed by atoms with Crippen LogP contribution in [0.2, 0.25) is 10.0 Å². The lowest BCUT2D eigenvalue weighted by atomic mass is 10.1. The summed E-state index contributed by atoms with van der Waals surface area (Å²) in [5, 5.41) is 4.14. The standard InChI is InChI=1S/C30H34BrCl2N3O5/c1-3-36(4-2)19-22-16-21(17-23(31)28(22)34)30(38)41-15-13-39-12-14-40-27(37)18-20-8-5-6-11-26(20)35-29-24(32)9-7-10-25(29)33/h5-11,16-17,35H,3-4,12-15,18-19,34H2,1-2H3. The van der Waals surface area contributed by atoms with Crippen LogP contribution >= 0.6 is 39.1 Å². The predicted molar refractivity (Wildman–Crippen MR) is 167 cm³/mol. The Morgan fingerprint density at radius 2 is 1.56 bits per heavy atom. The Hall–Kier alpha value is -2.82. The second kappa shape index (κ2) is 16.6. The number of halogens is 3. The molecule has 0 heterocycles. The largest absolute Gasteiger partial charge is 0.463 e. The number of benzene rings is 3. The molecule has 220 valence electrons. The summed E-state index contributed by atoms with van der Waals surface area (Å²) < 4.78 is 16.8. The molecule has 3 N–H and O–H groups in total. The molecule has 11 heteroatoms. The third-order valence-corrected chi connectivity index (χ3v) is 7.55. The van der Waals surface area contributed by atoms with Crippen LogP contribution < -0.4 is 11.1 Å². The van der Waals surface area contributed by atoms with Crippen LogP contribution in [0.5, 0.6) is 0 Å². The van der Waals surface area contributed by atoms with Gasteiger partial charge in [0.25, 0.3) is 0 Å². The van der Waals surface area contributed by atoms with Gasteiger partial charge in [0.15, 0.2) is 0 Å². The van der Waals surface area contributed by atoms with Crippen molar-refractivity contribution in [3.63, 3.8) is 0 Å². The van der Waals surface area contributed by atoms with Crippen molar-refractivity contribution in [2.75, 3.05) is 50.6 Å². The van der Waals surface area contributed by atoms with E-state index in [1.54, 1.807) is 30.3 Å². The number of para-hydroxylation sites is 2. The number of carbonyl (C=O) groups is 2. The number of hydrogen-bond acceptors (Lipinski definition) is 8. The van der Waals surface area contributed by atoms with Crippen LogP contribution in [0.1, 0.15) is 35.3 Å². The van der Waals surface area contributed by atoms with Crippen LogP contribution in [-0.2, 0) is 32.0 Å². The number of nitrogens with zero attached hydrogens (tertiary/aromatic N) is 1. The summed E-state index contributed by atoms with van der Waals surface area (Å²) in [7, 11) is 0. The van der Waals surface area contributed by atoms with Crippen LogP contribution in [0, 0.1) is 0 Å². The number of nitrogen functional groups attached to an aromatic ring is 1. The maximum absolute atomic E-state index is 12.6. The van der Waals surface area contributed by atoms with Crippen LogP contribution in [0.25, 0.3) is 0 Å². The molecule has 0 aliphatic rings. The second-order valence-electron chi connectivity index (χ2n) is 9.02. The maximum atomic E-state index is 12.6. The molecule has 0 radical (unpaired) electrons. The number of ether oxygens (including phenoxy) is 3. The van der Waals surface area contributed by atoms with E-state index in [-0.39, 0.29) is 32.8 Å². The van der Waals surface area contributed by atoms with Gasteiger partial charge in [0, 0.05) is 16.7 Å². The summed E-state index contributed by atoms with van der Waals surface area (Å²) >= 11 is 16.0. The van der Waals surface area contributed by atoms with Gasteiger partial charge in [0.1, 0.15) is 13.2 Å². The number of anilines is 3. The van der Waals surface area contributed by atoms with Gasteiger partial charge in [-0.1, -0.05) is 61.3 Å². The van der Waals surface area contributed by atoms with Crippen LogP contribution in [-0.4, -0.2) is 56.4 Å². The highest BCUT2D eigenvalue weighted by atomic mass is 79.9. The van der Waals surface area contributed by atoms with E-state index in [9.17, 15) is 9.59 Å². The fourth-order valence-electron chi connectivity index (χ4n) is 3.96. The summed E-state index contributed by atoms with van der Waals surface area (Å²) in [4.78, 5) is 27.2. The van der Waals surface area contributed by atoms with Crippen molar-refractivity contribution in [1.29, 1.82) is 0 Å². The molecule has 0 saturated heterocycles. The van der Waals surface area contributed by atoms with Crippen LogP contribution in [0.15, 0.2) is 59.1 Å². The summed E-state index contributed by atoms with van der Waals surface area (Å²) in [6.07, 6.45) is 0.0519. The van der Waals surface area contributed by atoms with Gasteiger partial charge in [-0.3, -0.25) is 9.69 Å². The first kappa shape index (κ1) is 32.7. The van der Waals surface area contributed by atoms with Crippen LogP contribution in [0.3, 0.4) is 0 Å². The first-order valence-electron chi connectivity index (χ1n) is 13.2. The topological polar surface area (TPSA) is 103 Å². The molecular formula is C30H34BrCl2N3O5. The molecule has 0 saturated carbocycles. The normalized spacial score (nSPS) is 11.0. The molecule has 3 rings (SSSR count). The van der Waals surface area contributed by atoms with Crippen molar-refractivity contribution in [1.82, 2.24) is 4.90 Å². The predicted octanol–water partition coefficient (Wildman–Crippen LogP) is 6.88. The molecule has 0 amide bonds. The monoisotopic (exact) mass is 665 g/mol. The fourth-order valence-corrected chi connectivity index (χ4v) is 4.95. The first-order chi connectivity index (χ1) is 19.7. The molecule has 41 heavy (non-hydrogen) atoms. The minimum Gasteiger partial charge on any atom is -0.463 e. The van der Waals surface area contributed by atoms with E-state index in [0.29, 0.717) is 43.7 Å². The van der Waals surface area contributed by atoms with E-state index in [1.807, 2.05) is 24.3 Å². The Kier molecular flexibility index (Phi) is 13.2. The third kappa shape index (κ3) is 9.90. The van der Waals surface area contributed by atoms with E-state index in [2.05, 4.69) is 40.0 Å². The Labute approximate surface area is 259 Å². The van der Waals surface area contributed by atoms with Gasteiger partial charge in [-0.25, -0.2) is 4.79 Å². The quantitative estimate of drug-likeness (QED) is 0.103. The Morgan fingerprint density at radius 3 is 2.24 bits per heavy atom. The second-order valence-corrected chi connectivity index (χ2v) is 10.7. The number of rotatable bonds is 15. The van der Waals surface area contributed by atoms with Gasteiger partial charge in [-0.05, 0) is 70.5 Å². The Balaban J connectivity index is 1.40. The molecule has 3 aromatic carbocycles. The molecule has 0 atom stereocenters. The third-order valence-electron chi connectivity index (χ3n) is 6.27. The van der Waals surface area contributed by atoms with Crippen molar-refractivity contribution in [2.45, 2.75) is 26.8 Å². The minimum atomic E-state index is -0.466. The van der Waals surface area contributed by atoms with Crippen molar-refractivity contribution in [2.24, 2.45) is 0 Å². The summed E-state index contributed by atoms with van der Waals surface area (Å²) in [5.41, 5.74) is 10.1. The van der Waals surface area contributed by atoms with E-state index >= 15 is 0 Å². The van der Waals surface area contributed by atoms with Gasteiger partial charge in [0.05, 0.1) is 46.6 Å². The zero-order valence-corrected chi connectivity index (χ0v) is 26.2. The van der Waals surface area contributed by atoms with Crippen molar-refractivity contribution >= 4 is 68.1 Å². The number of carbonyl (C=O) groups excluding carboxylic acids is 2. The molecule has 8 nitrogen and oxygen atoms in total. The zero-order chi connectivity index (χ0) is 29.8. The van der Waals surface area contributed by atoms with Crippen LogP contribution in [0.4, 0.5) is 17.1 Å². The number of nitrogens with one attached hydrogen (secondary N) is 1. The SMILES string of the molecule is CCN(CC)Cc1cc(C(=O)OCCOCCOC(=O)Cc2ccccc2Nc2c(Cl)cccc2Cl)cc(Br)c1N. The van der Waals surface area contributed by atoms with Crippen molar-refractivity contribution in [3.05, 3.63) is 85.8 Å². The van der Waals surface area contributed by atoms with E-state index in [4.69, 9.17) is 43.1 Å². The number of nitrogens with two attached hydrogens (primary N) is 1. The van der Waals surface area contributed by atoms with Gasteiger partial charge in [-0.15, -0.1) is 0 Å². The highest BCUT2D eigenvalue weighted by Crippen LogP contribution is 2.33. The van der Waals surface area contributed by atoms with Gasteiger partial charge in [0.2, 0.25) is 0 Å². The zero-order valence-electron chi connectivity index (χ0n) is 23.1. The average Bonchev–Trinajstić information content (AvgIpc) is 2.95. The number of esters is 2. The Morgan fingerprint density at radius 1 is 0.902 bits per heavy atom. The summed E-state index contributed by atoms with van der Waals surface area (Å²) in [5.74, 6) is -0.874. The molecule has 3 aromatic rings. The molecule has 0 fully saturated rings.